The molecule has 9 heteroatoms. The molecule has 1 aromatic heterocycles. The van der Waals surface area contributed by atoms with Gasteiger partial charge in [-0.1, -0.05) is 30.1 Å². The highest BCUT2D eigenvalue weighted by molar-refractivity contribution is 7.89. The molecule has 154 valence electrons. The Balaban J connectivity index is 1.42. The number of rotatable bonds is 7. The van der Waals surface area contributed by atoms with Crippen LogP contribution < -0.4 is 10.0 Å². The fourth-order valence-electron chi connectivity index (χ4n) is 3.57. The molecular weight excluding hydrogens is 392 g/mol. The van der Waals surface area contributed by atoms with Crippen LogP contribution in [0.2, 0.25) is 0 Å². The van der Waals surface area contributed by atoms with Crippen LogP contribution in [-0.4, -0.2) is 30.5 Å². The van der Waals surface area contributed by atoms with Gasteiger partial charge in [0.15, 0.2) is 5.82 Å². The fraction of sp³-hybridized carbons (Fsp3) is 0.450. The zero-order chi connectivity index (χ0) is 20.5. The maximum absolute atomic E-state index is 12.5. The summed E-state index contributed by atoms with van der Waals surface area (Å²) in [4.78, 5) is 17.1. The van der Waals surface area contributed by atoms with Crippen molar-refractivity contribution in [2.24, 2.45) is 0 Å². The van der Waals surface area contributed by atoms with E-state index in [0.29, 0.717) is 11.7 Å². The predicted octanol–water partition coefficient (Wildman–Crippen LogP) is 2.42. The van der Waals surface area contributed by atoms with E-state index < -0.39 is 15.6 Å². The molecule has 2 aromatic rings. The SMILES string of the molecule is Cc1nc(C2(NC(=O)C=Cc3ccc(S(=O)(=O)NC4CC4)cc3)CCCC2)no1. The molecule has 0 unspecified atom stereocenters. The minimum atomic E-state index is -3.47. The van der Waals surface area contributed by atoms with Crippen molar-refractivity contribution in [3.63, 3.8) is 0 Å². The van der Waals surface area contributed by atoms with Gasteiger partial charge in [-0.15, -0.1) is 0 Å². The lowest BCUT2D eigenvalue weighted by molar-refractivity contribution is -0.118. The molecule has 4 rings (SSSR count). The molecule has 0 spiro atoms. The van der Waals surface area contributed by atoms with Crippen LogP contribution in [0.5, 0.6) is 0 Å². The van der Waals surface area contributed by atoms with Crippen LogP contribution in [0.15, 0.2) is 39.8 Å². The van der Waals surface area contributed by atoms with Crippen molar-refractivity contribution in [2.75, 3.05) is 0 Å². The molecule has 1 aromatic carbocycles. The zero-order valence-corrected chi connectivity index (χ0v) is 17.0. The molecular formula is C20H24N4O4S. The van der Waals surface area contributed by atoms with E-state index in [-0.39, 0.29) is 16.8 Å². The van der Waals surface area contributed by atoms with Crippen LogP contribution in [0.3, 0.4) is 0 Å². The molecule has 0 atom stereocenters. The van der Waals surface area contributed by atoms with E-state index in [2.05, 4.69) is 20.2 Å². The monoisotopic (exact) mass is 416 g/mol. The number of carbonyl (C=O) groups is 1. The quantitative estimate of drug-likeness (QED) is 0.670. The number of carbonyl (C=O) groups excluding carboxylic acids is 1. The van der Waals surface area contributed by atoms with Gasteiger partial charge < -0.3 is 9.84 Å². The smallest absolute Gasteiger partial charge is 0.244 e. The maximum Gasteiger partial charge on any atom is 0.244 e. The van der Waals surface area contributed by atoms with Crippen molar-refractivity contribution in [1.29, 1.82) is 0 Å². The van der Waals surface area contributed by atoms with Crippen LogP contribution in [-0.2, 0) is 20.4 Å². The summed E-state index contributed by atoms with van der Waals surface area (Å²) < 4.78 is 32.2. The summed E-state index contributed by atoms with van der Waals surface area (Å²) in [6, 6.07) is 6.51. The number of hydrogen-bond donors (Lipinski definition) is 2. The number of hydrogen-bond acceptors (Lipinski definition) is 6. The number of nitrogens with one attached hydrogen (secondary N) is 2. The van der Waals surface area contributed by atoms with Gasteiger partial charge in [0, 0.05) is 19.0 Å². The van der Waals surface area contributed by atoms with Gasteiger partial charge in [0.2, 0.25) is 21.8 Å². The molecule has 0 radical (unpaired) electrons. The van der Waals surface area contributed by atoms with Gasteiger partial charge in [-0.2, -0.15) is 4.98 Å². The number of aromatic nitrogens is 2. The molecule has 1 heterocycles. The molecule has 2 aliphatic carbocycles. The number of amides is 1. The minimum absolute atomic E-state index is 0.0640. The number of sulfonamides is 1. The molecule has 2 saturated carbocycles. The molecule has 0 aliphatic heterocycles. The molecule has 29 heavy (non-hydrogen) atoms. The Labute approximate surface area is 169 Å². The van der Waals surface area contributed by atoms with Crippen molar-refractivity contribution in [1.82, 2.24) is 20.2 Å². The number of aryl methyl sites for hydroxylation is 1. The van der Waals surface area contributed by atoms with Gasteiger partial charge in [0.25, 0.3) is 0 Å². The normalized spacial score (nSPS) is 18.9. The number of nitrogens with zero attached hydrogens (tertiary/aromatic N) is 2. The second kappa shape index (κ2) is 7.72. The summed E-state index contributed by atoms with van der Waals surface area (Å²) in [5.41, 5.74) is 0.146. The third-order valence-electron chi connectivity index (χ3n) is 5.29. The van der Waals surface area contributed by atoms with Crippen LogP contribution >= 0.6 is 0 Å². The minimum Gasteiger partial charge on any atom is -0.340 e. The summed E-state index contributed by atoms with van der Waals surface area (Å²) in [6.45, 7) is 1.73. The molecule has 8 nitrogen and oxygen atoms in total. The van der Waals surface area contributed by atoms with Crippen LogP contribution in [0.1, 0.15) is 55.8 Å². The van der Waals surface area contributed by atoms with Crippen molar-refractivity contribution in [3.05, 3.63) is 47.6 Å². The Morgan fingerprint density at radius 2 is 1.90 bits per heavy atom. The van der Waals surface area contributed by atoms with E-state index in [4.69, 9.17) is 4.52 Å². The van der Waals surface area contributed by atoms with Crippen molar-refractivity contribution >= 4 is 22.0 Å². The highest BCUT2D eigenvalue weighted by Gasteiger charge is 2.40. The molecule has 0 bridgehead atoms. The third kappa shape index (κ3) is 4.56. The van der Waals surface area contributed by atoms with E-state index in [1.165, 1.54) is 6.08 Å². The van der Waals surface area contributed by atoms with E-state index >= 15 is 0 Å². The van der Waals surface area contributed by atoms with Gasteiger partial charge in [0.05, 0.1) is 4.90 Å². The lowest BCUT2D eigenvalue weighted by atomic mass is 9.96. The molecule has 1 amide bonds. The Hall–Kier alpha value is -2.52. The molecule has 2 aliphatic rings. The van der Waals surface area contributed by atoms with Crippen molar-refractivity contribution in [3.8, 4) is 0 Å². The third-order valence-corrected chi connectivity index (χ3v) is 6.83. The molecule has 2 N–H and O–H groups in total. The summed E-state index contributed by atoms with van der Waals surface area (Å²) in [7, 11) is -3.47. The van der Waals surface area contributed by atoms with Crippen LogP contribution in [0, 0.1) is 6.92 Å². The van der Waals surface area contributed by atoms with E-state index in [9.17, 15) is 13.2 Å². The van der Waals surface area contributed by atoms with Gasteiger partial charge >= 0.3 is 0 Å². The topological polar surface area (TPSA) is 114 Å². The fourth-order valence-corrected chi connectivity index (χ4v) is 4.88. The first-order valence-electron chi connectivity index (χ1n) is 9.80. The maximum atomic E-state index is 12.5. The second-order valence-corrected chi connectivity index (χ2v) is 9.43. The lowest BCUT2D eigenvalue weighted by Gasteiger charge is -2.25. The first-order valence-corrected chi connectivity index (χ1v) is 11.3. The molecule has 0 saturated heterocycles. The highest BCUT2D eigenvalue weighted by Crippen LogP contribution is 2.37. The molecule has 2 fully saturated rings. The average molecular weight is 417 g/mol. The summed E-state index contributed by atoms with van der Waals surface area (Å²) in [5, 5.41) is 7.05. The predicted molar refractivity (Wildman–Crippen MR) is 106 cm³/mol. The highest BCUT2D eigenvalue weighted by atomic mass is 32.2. The van der Waals surface area contributed by atoms with E-state index in [1.54, 1.807) is 37.3 Å². The average Bonchev–Trinajstić information content (AvgIpc) is 3.17. The Kier molecular flexibility index (Phi) is 5.26. The van der Waals surface area contributed by atoms with E-state index in [1.807, 2.05) is 0 Å². The van der Waals surface area contributed by atoms with Crippen molar-refractivity contribution in [2.45, 2.75) is 61.9 Å². The summed E-state index contributed by atoms with van der Waals surface area (Å²) >= 11 is 0. The summed E-state index contributed by atoms with van der Waals surface area (Å²) in [6.07, 6.45) is 8.40. The largest absolute Gasteiger partial charge is 0.340 e. The number of benzene rings is 1. The van der Waals surface area contributed by atoms with Crippen molar-refractivity contribution < 1.29 is 17.7 Å². The van der Waals surface area contributed by atoms with Crippen LogP contribution in [0.4, 0.5) is 0 Å². The Morgan fingerprint density at radius 3 is 2.48 bits per heavy atom. The second-order valence-electron chi connectivity index (χ2n) is 7.71. The lowest BCUT2D eigenvalue weighted by Crippen LogP contribution is -2.44. The van der Waals surface area contributed by atoms with Gasteiger partial charge in [-0.3, -0.25) is 4.79 Å². The standard InChI is InChI=1S/C20H24N4O4S/c1-14-21-19(23-28-14)20(12-2-3-13-20)22-18(25)11-6-15-4-9-17(10-5-15)29(26,27)24-16-7-8-16/h4-6,9-11,16,24H,2-3,7-8,12-13H2,1H3,(H,22,25). The van der Waals surface area contributed by atoms with Gasteiger partial charge in [0.1, 0.15) is 5.54 Å². The summed E-state index contributed by atoms with van der Waals surface area (Å²) in [5.74, 6) is 0.746. The first-order chi connectivity index (χ1) is 13.9. The van der Waals surface area contributed by atoms with Gasteiger partial charge in [-0.25, -0.2) is 13.1 Å². The van der Waals surface area contributed by atoms with Crippen LogP contribution in [0.25, 0.3) is 6.08 Å². The first kappa shape index (κ1) is 19.8. The zero-order valence-electron chi connectivity index (χ0n) is 16.2. The van der Waals surface area contributed by atoms with Gasteiger partial charge in [-0.05, 0) is 49.5 Å². The van der Waals surface area contributed by atoms with E-state index in [0.717, 1.165) is 44.1 Å². The Bertz CT molecular complexity index is 1020. The Morgan fingerprint density at radius 1 is 1.21 bits per heavy atom.